The molecule has 1 amide bonds. The summed E-state index contributed by atoms with van der Waals surface area (Å²) in [4.78, 5) is 13.2. The van der Waals surface area contributed by atoms with Crippen molar-refractivity contribution in [1.29, 1.82) is 0 Å². The third-order valence-electron chi connectivity index (χ3n) is 4.27. The van der Waals surface area contributed by atoms with Crippen LogP contribution in [0.15, 0.2) is 54.6 Å². The minimum absolute atomic E-state index is 0.153. The number of nitrogen functional groups attached to an aromatic ring is 1. The number of rotatable bonds is 4. The van der Waals surface area contributed by atoms with E-state index in [1.807, 2.05) is 73.7 Å². The lowest BCUT2D eigenvalue weighted by molar-refractivity contribution is 0.103. The molecule has 0 aliphatic carbocycles. The zero-order chi connectivity index (χ0) is 18.8. The predicted molar refractivity (Wildman–Crippen MR) is 113 cm³/mol. The number of H-pyrrole nitrogens is 1. The van der Waals surface area contributed by atoms with Gasteiger partial charge in [0.1, 0.15) is 0 Å². The van der Waals surface area contributed by atoms with Crippen molar-refractivity contribution in [2.75, 3.05) is 11.1 Å². The Balaban J connectivity index is 1.61. The van der Waals surface area contributed by atoms with Gasteiger partial charge in [-0.2, -0.15) is 5.10 Å². The van der Waals surface area contributed by atoms with Crippen LogP contribution in [-0.2, 0) is 0 Å². The summed E-state index contributed by atoms with van der Waals surface area (Å²) in [5.41, 5.74) is 10.2. The lowest BCUT2D eigenvalue weighted by Gasteiger charge is -2.08. The maximum atomic E-state index is 12.6. The number of nitrogens with zero attached hydrogens (tertiary/aromatic N) is 1. The first-order chi connectivity index (χ1) is 13.1. The van der Waals surface area contributed by atoms with Gasteiger partial charge in [0, 0.05) is 11.1 Å². The highest BCUT2D eigenvalue weighted by atomic mass is 32.1. The quantitative estimate of drug-likeness (QED) is 0.473. The number of nitrogens with one attached hydrogen (secondary N) is 2. The molecule has 0 saturated carbocycles. The van der Waals surface area contributed by atoms with Crippen LogP contribution < -0.4 is 11.1 Å². The van der Waals surface area contributed by atoms with Crippen molar-refractivity contribution in [1.82, 2.24) is 10.2 Å². The molecule has 0 aliphatic rings. The van der Waals surface area contributed by atoms with Crippen molar-refractivity contribution in [3.05, 3.63) is 76.3 Å². The van der Waals surface area contributed by atoms with E-state index in [1.165, 1.54) is 11.3 Å². The number of thiophene rings is 1. The van der Waals surface area contributed by atoms with Crippen molar-refractivity contribution in [3.8, 4) is 0 Å². The number of aromatic amines is 1. The van der Waals surface area contributed by atoms with Crippen molar-refractivity contribution in [3.63, 3.8) is 0 Å². The number of para-hydroxylation sites is 2. The van der Waals surface area contributed by atoms with Gasteiger partial charge in [-0.25, -0.2) is 0 Å². The third-order valence-corrected chi connectivity index (χ3v) is 5.34. The minimum atomic E-state index is -0.153. The van der Waals surface area contributed by atoms with Gasteiger partial charge in [-0.1, -0.05) is 42.5 Å². The lowest BCUT2D eigenvalue weighted by Crippen LogP contribution is -2.12. The molecule has 0 saturated heterocycles. The Morgan fingerprint density at radius 3 is 2.74 bits per heavy atom. The summed E-state index contributed by atoms with van der Waals surface area (Å²) < 4.78 is 0. The first kappa shape index (κ1) is 17.1. The summed E-state index contributed by atoms with van der Waals surface area (Å²) in [6, 6.07) is 17.5. The average Bonchev–Trinajstić information content (AvgIpc) is 3.23. The predicted octanol–water partition coefficient (Wildman–Crippen LogP) is 4.94. The van der Waals surface area contributed by atoms with Gasteiger partial charge < -0.3 is 11.1 Å². The zero-order valence-corrected chi connectivity index (χ0v) is 15.5. The summed E-state index contributed by atoms with van der Waals surface area (Å²) in [6.07, 6.45) is 3.89. The van der Waals surface area contributed by atoms with Gasteiger partial charge in [0.25, 0.3) is 5.91 Å². The van der Waals surface area contributed by atoms with Crippen LogP contribution in [0.2, 0.25) is 0 Å². The van der Waals surface area contributed by atoms with Gasteiger partial charge in [-0.05, 0) is 42.3 Å². The van der Waals surface area contributed by atoms with Crippen molar-refractivity contribution in [2.45, 2.75) is 6.92 Å². The van der Waals surface area contributed by atoms with E-state index in [1.54, 1.807) is 0 Å². The van der Waals surface area contributed by atoms with Crippen LogP contribution >= 0.6 is 11.3 Å². The SMILES string of the molecule is Cc1cc(N)sc1C(=O)Nc1ccccc1/C=C/c1n[nH]c2ccccc12. The lowest BCUT2D eigenvalue weighted by atomic mass is 10.1. The molecule has 0 radical (unpaired) electrons. The number of anilines is 2. The van der Waals surface area contributed by atoms with E-state index in [0.29, 0.717) is 9.88 Å². The van der Waals surface area contributed by atoms with Gasteiger partial charge in [-0.15, -0.1) is 11.3 Å². The number of nitrogens with two attached hydrogens (primary N) is 1. The third kappa shape index (κ3) is 3.47. The summed E-state index contributed by atoms with van der Waals surface area (Å²) in [5.74, 6) is -0.153. The Kier molecular flexibility index (Phi) is 4.48. The van der Waals surface area contributed by atoms with Crippen LogP contribution in [0.25, 0.3) is 23.1 Å². The van der Waals surface area contributed by atoms with E-state index in [0.717, 1.165) is 33.4 Å². The Morgan fingerprint density at radius 1 is 1.15 bits per heavy atom. The molecule has 0 bridgehead atoms. The molecule has 27 heavy (non-hydrogen) atoms. The van der Waals surface area contributed by atoms with Crippen LogP contribution in [0.4, 0.5) is 10.7 Å². The number of amides is 1. The second kappa shape index (κ2) is 7.09. The molecule has 0 fully saturated rings. The summed E-state index contributed by atoms with van der Waals surface area (Å²) in [7, 11) is 0. The normalized spacial score (nSPS) is 11.3. The highest BCUT2D eigenvalue weighted by Crippen LogP contribution is 2.26. The Hall–Kier alpha value is -3.38. The molecule has 0 atom stereocenters. The number of hydrogen-bond acceptors (Lipinski definition) is 4. The summed E-state index contributed by atoms with van der Waals surface area (Å²) in [5, 5.41) is 12.0. The van der Waals surface area contributed by atoms with Gasteiger partial charge >= 0.3 is 0 Å². The molecule has 2 aromatic carbocycles. The second-order valence-corrected chi connectivity index (χ2v) is 7.27. The van der Waals surface area contributed by atoms with Crippen LogP contribution in [0.3, 0.4) is 0 Å². The maximum absolute atomic E-state index is 12.6. The van der Waals surface area contributed by atoms with Gasteiger partial charge in [0.05, 0.1) is 21.1 Å². The smallest absolute Gasteiger partial charge is 0.266 e. The van der Waals surface area contributed by atoms with Gasteiger partial charge in [0.2, 0.25) is 0 Å². The molecule has 0 aliphatic heterocycles. The van der Waals surface area contributed by atoms with Crippen LogP contribution in [0.5, 0.6) is 0 Å². The fourth-order valence-electron chi connectivity index (χ4n) is 2.95. The first-order valence-electron chi connectivity index (χ1n) is 8.49. The molecule has 4 aromatic rings. The number of carbonyl (C=O) groups excluding carboxylic acids is 1. The summed E-state index contributed by atoms with van der Waals surface area (Å²) >= 11 is 1.29. The monoisotopic (exact) mass is 374 g/mol. The van der Waals surface area contributed by atoms with Crippen molar-refractivity contribution in [2.24, 2.45) is 0 Å². The van der Waals surface area contributed by atoms with E-state index in [2.05, 4.69) is 15.5 Å². The van der Waals surface area contributed by atoms with E-state index < -0.39 is 0 Å². The molecular weight excluding hydrogens is 356 g/mol. The van der Waals surface area contributed by atoms with E-state index >= 15 is 0 Å². The van der Waals surface area contributed by atoms with Crippen molar-refractivity contribution < 1.29 is 4.79 Å². The second-order valence-electron chi connectivity index (χ2n) is 6.19. The molecule has 5 nitrogen and oxygen atoms in total. The van der Waals surface area contributed by atoms with E-state index in [-0.39, 0.29) is 5.91 Å². The van der Waals surface area contributed by atoms with Gasteiger partial charge in [-0.3, -0.25) is 9.89 Å². The Labute approximate surface area is 160 Å². The number of carbonyl (C=O) groups is 1. The fraction of sp³-hybridized carbons (Fsp3) is 0.0476. The molecule has 0 spiro atoms. The largest absolute Gasteiger partial charge is 0.391 e. The molecule has 0 unspecified atom stereocenters. The highest BCUT2D eigenvalue weighted by molar-refractivity contribution is 7.18. The number of benzene rings is 2. The molecule has 2 aromatic heterocycles. The fourth-order valence-corrected chi connectivity index (χ4v) is 3.78. The number of aromatic nitrogens is 2. The van der Waals surface area contributed by atoms with Crippen molar-refractivity contribution >= 4 is 51.0 Å². The topological polar surface area (TPSA) is 83.8 Å². The van der Waals surface area contributed by atoms with Crippen LogP contribution in [0, 0.1) is 6.92 Å². The van der Waals surface area contributed by atoms with Gasteiger partial charge in [0.15, 0.2) is 0 Å². The zero-order valence-electron chi connectivity index (χ0n) is 14.7. The highest BCUT2D eigenvalue weighted by Gasteiger charge is 2.14. The van der Waals surface area contributed by atoms with E-state index in [9.17, 15) is 4.79 Å². The summed E-state index contributed by atoms with van der Waals surface area (Å²) in [6.45, 7) is 1.89. The maximum Gasteiger partial charge on any atom is 0.266 e. The molecule has 2 heterocycles. The first-order valence-corrected chi connectivity index (χ1v) is 9.31. The van der Waals surface area contributed by atoms with Crippen LogP contribution in [-0.4, -0.2) is 16.1 Å². The molecule has 6 heteroatoms. The molecule has 134 valence electrons. The molecule has 4 N–H and O–H groups in total. The molecule has 4 rings (SSSR count). The molecular formula is C21H18N4OS. The number of hydrogen-bond donors (Lipinski definition) is 3. The van der Waals surface area contributed by atoms with Crippen LogP contribution in [0.1, 0.15) is 26.5 Å². The number of aryl methyl sites for hydroxylation is 1. The Morgan fingerprint density at radius 2 is 1.93 bits per heavy atom. The Bertz CT molecular complexity index is 1160. The average molecular weight is 374 g/mol. The van der Waals surface area contributed by atoms with E-state index in [4.69, 9.17) is 5.73 Å². The standard InChI is InChI=1S/C21H18N4OS/c1-13-12-19(22)27-20(13)21(26)23-16-8-4-2-6-14(16)10-11-18-15-7-3-5-9-17(15)24-25-18/h2-12H,22H2,1H3,(H,23,26)(H,24,25)/b11-10+. The number of fused-ring (bicyclic) bond motifs is 1. The minimum Gasteiger partial charge on any atom is -0.391 e.